The topological polar surface area (TPSA) is 52.0 Å². The third-order valence-corrected chi connectivity index (χ3v) is 3.18. The molecule has 1 unspecified atom stereocenters. The maximum Gasteiger partial charge on any atom is 0.213 e. The average Bonchev–Trinajstić information content (AvgIpc) is 2.21. The lowest BCUT2D eigenvalue weighted by molar-refractivity contribution is 0.492. The lowest BCUT2D eigenvalue weighted by atomic mass is 10.4. The predicted octanol–water partition coefficient (Wildman–Crippen LogP) is 2.02. The highest BCUT2D eigenvalue weighted by Crippen LogP contribution is 2.18. The molecule has 1 aliphatic rings. The Morgan fingerprint density at radius 2 is 2.11 bits per heavy atom. The van der Waals surface area contributed by atoms with Crippen molar-refractivity contribution in [1.29, 1.82) is 0 Å². The second-order valence-corrected chi connectivity index (χ2v) is 6.05. The van der Waals surface area contributed by atoms with Gasteiger partial charge >= 0.3 is 0 Å². The number of aliphatic imine (C=N–C) groups is 2. The molecule has 0 bridgehead atoms. The molecule has 0 aromatic carbocycles. The van der Waals surface area contributed by atoms with Crippen molar-refractivity contribution in [3.63, 3.8) is 0 Å². The van der Waals surface area contributed by atoms with Crippen LogP contribution in [0.25, 0.3) is 0 Å². The lowest BCUT2D eigenvalue weighted by Gasteiger charge is -2.34. The Kier molecular flexibility index (Phi) is 5.78. The molecule has 1 aliphatic heterocycles. The van der Waals surface area contributed by atoms with E-state index in [-0.39, 0.29) is 12.2 Å². The van der Waals surface area contributed by atoms with Gasteiger partial charge in [0.05, 0.1) is 0 Å². The minimum atomic E-state index is 0.0925. The standard InChI is InChI=1S/C12H25N5S/c1-7-18-17-10(6)15-11(13-8(2)3)16-12(17)14-9(4)5/h8-10H,7H2,1-6H3,(H2,13,14,15,16). The molecule has 0 aromatic heterocycles. The highest BCUT2D eigenvalue weighted by atomic mass is 32.2. The first-order chi connectivity index (χ1) is 8.43. The van der Waals surface area contributed by atoms with Crippen molar-refractivity contribution in [2.24, 2.45) is 9.98 Å². The fourth-order valence-electron chi connectivity index (χ4n) is 1.60. The molecule has 18 heavy (non-hydrogen) atoms. The van der Waals surface area contributed by atoms with E-state index >= 15 is 0 Å². The fraction of sp³-hybridized carbons (Fsp3) is 0.833. The van der Waals surface area contributed by atoms with E-state index in [0.717, 1.165) is 17.7 Å². The second-order valence-electron chi connectivity index (χ2n) is 4.82. The van der Waals surface area contributed by atoms with E-state index in [2.05, 4.69) is 66.5 Å². The first-order valence-electron chi connectivity index (χ1n) is 6.55. The average molecular weight is 271 g/mol. The normalized spacial score (nSPS) is 22.4. The Labute approximate surface area is 115 Å². The van der Waals surface area contributed by atoms with Crippen LogP contribution < -0.4 is 10.6 Å². The number of hydrogen-bond donors (Lipinski definition) is 2. The van der Waals surface area contributed by atoms with Gasteiger partial charge in [0, 0.05) is 17.8 Å². The summed E-state index contributed by atoms with van der Waals surface area (Å²) in [7, 11) is 0. The van der Waals surface area contributed by atoms with Crippen LogP contribution in [0.5, 0.6) is 0 Å². The molecule has 1 heterocycles. The predicted molar refractivity (Wildman–Crippen MR) is 80.8 cm³/mol. The van der Waals surface area contributed by atoms with Crippen LogP contribution >= 0.6 is 11.9 Å². The van der Waals surface area contributed by atoms with E-state index in [4.69, 9.17) is 0 Å². The third-order valence-electron chi connectivity index (χ3n) is 2.17. The Morgan fingerprint density at radius 3 is 2.61 bits per heavy atom. The molecule has 104 valence electrons. The number of guanidine groups is 2. The van der Waals surface area contributed by atoms with Gasteiger partial charge in [-0.15, -0.1) is 0 Å². The fourth-order valence-corrected chi connectivity index (χ4v) is 2.35. The molecule has 1 rings (SSSR count). The van der Waals surface area contributed by atoms with Gasteiger partial charge in [-0.1, -0.05) is 6.92 Å². The number of rotatable bonds is 4. The van der Waals surface area contributed by atoms with Gasteiger partial charge in [-0.05, 0) is 46.6 Å². The molecular weight excluding hydrogens is 246 g/mol. The Hall–Kier alpha value is -0.910. The van der Waals surface area contributed by atoms with Crippen LogP contribution in [0.15, 0.2) is 9.98 Å². The molecule has 0 radical (unpaired) electrons. The molecule has 0 fully saturated rings. The minimum absolute atomic E-state index is 0.0925. The second kappa shape index (κ2) is 6.87. The zero-order valence-electron chi connectivity index (χ0n) is 12.2. The van der Waals surface area contributed by atoms with E-state index in [1.807, 2.05) is 0 Å². The summed E-state index contributed by atoms with van der Waals surface area (Å²) in [5.41, 5.74) is 0. The quantitative estimate of drug-likeness (QED) is 0.768. The first-order valence-corrected chi connectivity index (χ1v) is 7.49. The van der Waals surface area contributed by atoms with Crippen LogP contribution in [0.1, 0.15) is 41.5 Å². The first kappa shape index (κ1) is 15.1. The molecule has 0 spiro atoms. The SMILES string of the molecule is CCSN1C(=NC(C)C)NC(NC(C)C)=NC1C. The van der Waals surface area contributed by atoms with Gasteiger partial charge in [-0.25, -0.2) is 9.98 Å². The van der Waals surface area contributed by atoms with Crippen molar-refractivity contribution in [2.45, 2.75) is 59.8 Å². The van der Waals surface area contributed by atoms with Crippen molar-refractivity contribution in [3.05, 3.63) is 0 Å². The zero-order chi connectivity index (χ0) is 13.7. The van der Waals surface area contributed by atoms with Gasteiger partial charge in [-0.3, -0.25) is 9.62 Å². The Balaban J connectivity index is 2.89. The van der Waals surface area contributed by atoms with E-state index in [1.54, 1.807) is 11.9 Å². The summed E-state index contributed by atoms with van der Waals surface area (Å²) < 4.78 is 2.13. The van der Waals surface area contributed by atoms with Crippen molar-refractivity contribution in [2.75, 3.05) is 5.75 Å². The lowest BCUT2D eigenvalue weighted by Crippen LogP contribution is -2.55. The van der Waals surface area contributed by atoms with Gasteiger partial charge in [-0.2, -0.15) is 0 Å². The smallest absolute Gasteiger partial charge is 0.213 e. The summed E-state index contributed by atoms with van der Waals surface area (Å²) in [4.78, 5) is 9.23. The van der Waals surface area contributed by atoms with Crippen molar-refractivity contribution < 1.29 is 0 Å². The van der Waals surface area contributed by atoms with Gasteiger partial charge in [0.15, 0.2) is 5.96 Å². The van der Waals surface area contributed by atoms with Gasteiger partial charge < -0.3 is 5.32 Å². The van der Waals surface area contributed by atoms with Crippen molar-refractivity contribution in [1.82, 2.24) is 14.9 Å². The van der Waals surface area contributed by atoms with Crippen LogP contribution in [-0.2, 0) is 0 Å². The van der Waals surface area contributed by atoms with E-state index in [9.17, 15) is 0 Å². The van der Waals surface area contributed by atoms with Gasteiger partial charge in [0.1, 0.15) is 6.17 Å². The maximum atomic E-state index is 4.63. The minimum Gasteiger partial charge on any atom is -0.354 e. The summed E-state index contributed by atoms with van der Waals surface area (Å²) in [6, 6.07) is 0.618. The van der Waals surface area contributed by atoms with Crippen molar-refractivity contribution in [3.8, 4) is 0 Å². The largest absolute Gasteiger partial charge is 0.354 e. The highest BCUT2D eigenvalue weighted by molar-refractivity contribution is 7.97. The summed E-state index contributed by atoms with van der Waals surface area (Å²) in [6.07, 6.45) is 0.0925. The number of nitrogens with zero attached hydrogens (tertiary/aromatic N) is 3. The molecule has 1 atom stereocenters. The Bertz CT molecular complexity index is 324. The number of nitrogens with one attached hydrogen (secondary N) is 2. The maximum absolute atomic E-state index is 4.63. The summed E-state index contributed by atoms with van der Waals surface area (Å²) >= 11 is 1.74. The van der Waals surface area contributed by atoms with Crippen LogP contribution in [0, 0.1) is 0 Å². The van der Waals surface area contributed by atoms with Crippen LogP contribution in [-0.4, -0.2) is 40.2 Å². The van der Waals surface area contributed by atoms with Crippen LogP contribution in [0.3, 0.4) is 0 Å². The summed E-state index contributed by atoms with van der Waals surface area (Å²) in [5.74, 6) is 2.71. The summed E-state index contributed by atoms with van der Waals surface area (Å²) in [5, 5.41) is 6.58. The zero-order valence-corrected chi connectivity index (χ0v) is 13.0. The molecular formula is C12H25N5S. The molecule has 0 saturated carbocycles. The molecule has 5 nitrogen and oxygen atoms in total. The molecule has 0 amide bonds. The van der Waals surface area contributed by atoms with Crippen LogP contribution in [0.2, 0.25) is 0 Å². The highest BCUT2D eigenvalue weighted by Gasteiger charge is 2.25. The molecule has 0 saturated heterocycles. The van der Waals surface area contributed by atoms with E-state index in [0.29, 0.717) is 6.04 Å². The molecule has 6 heteroatoms. The van der Waals surface area contributed by atoms with E-state index < -0.39 is 0 Å². The van der Waals surface area contributed by atoms with Gasteiger partial charge in [0.2, 0.25) is 5.96 Å². The van der Waals surface area contributed by atoms with Gasteiger partial charge in [0.25, 0.3) is 0 Å². The van der Waals surface area contributed by atoms with Crippen molar-refractivity contribution >= 4 is 23.9 Å². The third kappa shape index (κ3) is 4.40. The Morgan fingerprint density at radius 1 is 1.44 bits per heavy atom. The molecule has 0 aromatic rings. The monoisotopic (exact) mass is 271 g/mol. The van der Waals surface area contributed by atoms with Crippen LogP contribution in [0.4, 0.5) is 0 Å². The molecule has 0 aliphatic carbocycles. The molecule has 2 N–H and O–H groups in total. The summed E-state index contributed by atoms with van der Waals surface area (Å²) in [6.45, 7) is 12.6. The number of hydrogen-bond acceptors (Lipinski definition) is 4. The van der Waals surface area contributed by atoms with E-state index in [1.165, 1.54) is 0 Å².